The van der Waals surface area contributed by atoms with Crippen molar-refractivity contribution in [3.63, 3.8) is 0 Å². The molecule has 0 atom stereocenters. The Morgan fingerprint density at radius 3 is 2.95 bits per heavy atom. The van der Waals surface area contributed by atoms with E-state index >= 15 is 0 Å². The number of rotatable bonds is 6. The number of aryl methyl sites for hydroxylation is 1. The van der Waals surface area contributed by atoms with Crippen LogP contribution in [0.1, 0.15) is 38.0 Å². The molecule has 22 heavy (non-hydrogen) atoms. The first kappa shape index (κ1) is 14.8. The summed E-state index contributed by atoms with van der Waals surface area (Å²) in [4.78, 5) is 16.0. The van der Waals surface area contributed by atoms with Crippen LogP contribution in [0.15, 0.2) is 27.5 Å². The number of nitrogens with one attached hydrogen (secondary N) is 1. The van der Waals surface area contributed by atoms with Gasteiger partial charge in [-0.1, -0.05) is 18.0 Å². The van der Waals surface area contributed by atoms with Gasteiger partial charge in [-0.2, -0.15) is 4.98 Å². The standard InChI is InChI=1S/C15H19N3O4/c19-12(16-10-15(20)6-1-2-7-15)3-4-13-17-14(18-22-13)11-5-8-21-9-11/h5,8-9,20H,1-4,6-7,10H2,(H,16,19). The molecule has 2 aromatic heterocycles. The maximum absolute atomic E-state index is 11.8. The van der Waals surface area contributed by atoms with E-state index in [2.05, 4.69) is 15.5 Å². The highest BCUT2D eigenvalue weighted by atomic mass is 16.5. The van der Waals surface area contributed by atoms with Gasteiger partial charge in [-0.15, -0.1) is 0 Å². The van der Waals surface area contributed by atoms with Crippen LogP contribution in [0, 0.1) is 0 Å². The van der Waals surface area contributed by atoms with Crippen LogP contribution < -0.4 is 5.32 Å². The average Bonchev–Trinajstić information content (AvgIpc) is 3.24. The summed E-state index contributed by atoms with van der Waals surface area (Å²) in [6.07, 6.45) is 7.24. The fourth-order valence-corrected chi connectivity index (χ4v) is 2.65. The van der Waals surface area contributed by atoms with Gasteiger partial charge >= 0.3 is 0 Å². The van der Waals surface area contributed by atoms with Gasteiger partial charge in [0.25, 0.3) is 0 Å². The topological polar surface area (TPSA) is 101 Å². The number of amides is 1. The van der Waals surface area contributed by atoms with Gasteiger partial charge < -0.3 is 19.4 Å². The number of carbonyl (C=O) groups is 1. The molecule has 0 aliphatic heterocycles. The number of furan rings is 1. The third-order valence-corrected chi connectivity index (χ3v) is 3.96. The van der Waals surface area contributed by atoms with Crippen LogP contribution in [0.5, 0.6) is 0 Å². The molecule has 2 aromatic rings. The minimum absolute atomic E-state index is 0.122. The van der Waals surface area contributed by atoms with Crippen LogP contribution in [0.25, 0.3) is 11.4 Å². The van der Waals surface area contributed by atoms with E-state index in [0.29, 0.717) is 24.7 Å². The average molecular weight is 305 g/mol. The molecule has 0 aromatic carbocycles. The number of hydrogen-bond donors (Lipinski definition) is 2. The summed E-state index contributed by atoms with van der Waals surface area (Å²) in [5.74, 6) is 0.735. The zero-order chi connectivity index (χ0) is 15.4. The maximum Gasteiger partial charge on any atom is 0.227 e. The van der Waals surface area contributed by atoms with E-state index in [4.69, 9.17) is 8.94 Å². The highest BCUT2D eigenvalue weighted by molar-refractivity contribution is 5.76. The van der Waals surface area contributed by atoms with Crippen LogP contribution in [-0.2, 0) is 11.2 Å². The van der Waals surface area contributed by atoms with Crippen molar-refractivity contribution in [2.24, 2.45) is 0 Å². The van der Waals surface area contributed by atoms with E-state index < -0.39 is 5.60 Å². The second kappa shape index (κ2) is 6.31. The second-order valence-electron chi connectivity index (χ2n) is 5.73. The van der Waals surface area contributed by atoms with Crippen molar-refractivity contribution in [1.82, 2.24) is 15.5 Å². The largest absolute Gasteiger partial charge is 0.472 e. The zero-order valence-corrected chi connectivity index (χ0v) is 12.2. The Labute approximate surface area is 127 Å². The summed E-state index contributed by atoms with van der Waals surface area (Å²) >= 11 is 0. The van der Waals surface area contributed by atoms with Crippen molar-refractivity contribution in [3.8, 4) is 11.4 Å². The van der Waals surface area contributed by atoms with E-state index in [-0.39, 0.29) is 12.3 Å². The van der Waals surface area contributed by atoms with E-state index in [9.17, 15) is 9.90 Å². The predicted molar refractivity (Wildman–Crippen MR) is 76.7 cm³/mol. The molecule has 0 bridgehead atoms. The smallest absolute Gasteiger partial charge is 0.227 e. The Kier molecular flexibility index (Phi) is 4.24. The van der Waals surface area contributed by atoms with Crippen molar-refractivity contribution in [2.75, 3.05) is 6.54 Å². The summed E-state index contributed by atoms with van der Waals surface area (Å²) in [5.41, 5.74) is 0.0112. The minimum Gasteiger partial charge on any atom is -0.472 e. The molecule has 0 saturated heterocycles. The van der Waals surface area contributed by atoms with Gasteiger partial charge in [0.2, 0.25) is 17.6 Å². The lowest BCUT2D eigenvalue weighted by Crippen LogP contribution is -2.40. The molecule has 7 nitrogen and oxygen atoms in total. The van der Waals surface area contributed by atoms with Gasteiger partial charge in [-0.05, 0) is 18.9 Å². The minimum atomic E-state index is -0.728. The fraction of sp³-hybridized carbons (Fsp3) is 0.533. The first-order chi connectivity index (χ1) is 10.6. The van der Waals surface area contributed by atoms with Crippen molar-refractivity contribution >= 4 is 5.91 Å². The van der Waals surface area contributed by atoms with Gasteiger partial charge in [0.1, 0.15) is 6.26 Å². The molecule has 2 N–H and O–H groups in total. The quantitative estimate of drug-likeness (QED) is 0.842. The van der Waals surface area contributed by atoms with E-state index in [1.54, 1.807) is 6.07 Å². The molecule has 1 fully saturated rings. The zero-order valence-electron chi connectivity index (χ0n) is 12.2. The van der Waals surface area contributed by atoms with Crippen LogP contribution >= 0.6 is 0 Å². The lowest BCUT2D eigenvalue weighted by Gasteiger charge is -2.22. The van der Waals surface area contributed by atoms with E-state index in [1.165, 1.54) is 12.5 Å². The van der Waals surface area contributed by atoms with Gasteiger partial charge in [-0.3, -0.25) is 4.79 Å². The molecule has 1 saturated carbocycles. The Hall–Kier alpha value is -2.15. The number of hydrogen-bond acceptors (Lipinski definition) is 6. The molecular weight excluding hydrogens is 286 g/mol. The van der Waals surface area contributed by atoms with Crippen LogP contribution in [0.4, 0.5) is 0 Å². The normalized spacial score (nSPS) is 16.8. The van der Waals surface area contributed by atoms with Crippen LogP contribution in [-0.4, -0.2) is 33.3 Å². The number of aromatic nitrogens is 2. The summed E-state index contributed by atoms with van der Waals surface area (Å²) in [5, 5.41) is 16.8. The van der Waals surface area contributed by atoms with Gasteiger partial charge in [0, 0.05) is 19.4 Å². The molecule has 0 radical (unpaired) electrons. The van der Waals surface area contributed by atoms with Gasteiger partial charge in [-0.25, -0.2) is 0 Å². The Morgan fingerprint density at radius 2 is 2.23 bits per heavy atom. The molecule has 1 aliphatic rings. The monoisotopic (exact) mass is 305 g/mol. The van der Waals surface area contributed by atoms with Crippen molar-refractivity contribution < 1.29 is 18.8 Å². The molecule has 7 heteroatoms. The van der Waals surface area contributed by atoms with E-state index in [1.807, 2.05) is 0 Å². The first-order valence-electron chi connectivity index (χ1n) is 7.49. The SMILES string of the molecule is O=C(CCc1nc(-c2ccoc2)no1)NCC1(O)CCCC1. The highest BCUT2D eigenvalue weighted by Crippen LogP contribution is 2.28. The molecule has 3 rings (SSSR count). The van der Waals surface area contributed by atoms with Crippen molar-refractivity contribution in [1.29, 1.82) is 0 Å². The molecule has 0 unspecified atom stereocenters. The summed E-state index contributed by atoms with van der Waals surface area (Å²) in [7, 11) is 0. The Balaban J connectivity index is 1.45. The number of nitrogens with zero attached hydrogens (tertiary/aromatic N) is 2. The number of aliphatic hydroxyl groups is 1. The van der Waals surface area contributed by atoms with Crippen molar-refractivity contribution in [2.45, 2.75) is 44.1 Å². The lowest BCUT2D eigenvalue weighted by molar-refractivity contribution is -0.122. The van der Waals surface area contributed by atoms with Crippen LogP contribution in [0.2, 0.25) is 0 Å². The molecule has 2 heterocycles. The molecule has 118 valence electrons. The predicted octanol–water partition coefficient (Wildman–Crippen LogP) is 1.68. The molecule has 0 spiro atoms. The third kappa shape index (κ3) is 3.54. The summed E-state index contributed by atoms with van der Waals surface area (Å²) in [6.45, 7) is 0.315. The molecular formula is C15H19N3O4. The van der Waals surface area contributed by atoms with Crippen molar-refractivity contribution in [3.05, 3.63) is 24.5 Å². The first-order valence-corrected chi connectivity index (χ1v) is 7.49. The van der Waals surface area contributed by atoms with Gasteiger partial charge in [0.05, 0.1) is 17.4 Å². The maximum atomic E-state index is 11.8. The fourth-order valence-electron chi connectivity index (χ4n) is 2.65. The summed E-state index contributed by atoms with van der Waals surface area (Å²) < 4.78 is 10.1. The van der Waals surface area contributed by atoms with Crippen LogP contribution in [0.3, 0.4) is 0 Å². The lowest BCUT2D eigenvalue weighted by atomic mass is 10.0. The molecule has 1 aliphatic carbocycles. The second-order valence-corrected chi connectivity index (χ2v) is 5.73. The Morgan fingerprint density at radius 1 is 1.41 bits per heavy atom. The van der Waals surface area contributed by atoms with E-state index in [0.717, 1.165) is 31.2 Å². The highest BCUT2D eigenvalue weighted by Gasteiger charge is 2.31. The third-order valence-electron chi connectivity index (χ3n) is 3.96. The summed E-state index contributed by atoms with van der Waals surface area (Å²) in [6, 6.07) is 1.74. The number of carbonyl (C=O) groups excluding carboxylic acids is 1. The molecule has 1 amide bonds. The van der Waals surface area contributed by atoms with Gasteiger partial charge in [0.15, 0.2) is 0 Å². The Bertz CT molecular complexity index is 615.